The van der Waals surface area contributed by atoms with E-state index in [2.05, 4.69) is 10.8 Å². The Labute approximate surface area is 68.2 Å². The van der Waals surface area contributed by atoms with Crippen molar-refractivity contribution in [3.63, 3.8) is 0 Å². The summed E-state index contributed by atoms with van der Waals surface area (Å²) in [5, 5.41) is 9.17. The normalized spacial score (nSPS) is 25.3. The van der Waals surface area contributed by atoms with Crippen LogP contribution in [0.4, 0.5) is 0 Å². The minimum Gasteiger partial charge on any atom is -0.392 e. The van der Waals surface area contributed by atoms with Gasteiger partial charge in [0, 0.05) is 19.5 Å². The van der Waals surface area contributed by atoms with Gasteiger partial charge in [-0.25, -0.2) is 0 Å². The van der Waals surface area contributed by atoms with Crippen LogP contribution in [0.2, 0.25) is 0 Å². The van der Waals surface area contributed by atoms with Gasteiger partial charge in [0.1, 0.15) is 0 Å². The van der Waals surface area contributed by atoms with Gasteiger partial charge in [0.15, 0.2) is 0 Å². The topological polar surface area (TPSA) is 23.5 Å². The molecule has 1 atom stereocenters. The molecule has 2 heteroatoms. The minimum absolute atomic E-state index is 0.0964. The second-order valence-electron chi connectivity index (χ2n) is 3.05. The van der Waals surface area contributed by atoms with E-state index in [1.165, 1.54) is 0 Å². The molecule has 0 aromatic carbocycles. The molecule has 1 heterocycles. The lowest BCUT2D eigenvalue weighted by molar-refractivity contribution is 0.176. The summed E-state index contributed by atoms with van der Waals surface area (Å²) >= 11 is 0. The minimum atomic E-state index is -0.0964. The predicted octanol–water partition coefficient (Wildman–Crippen LogP) is 0.466. The van der Waals surface area contributed by atoms with Gasteiger partial charge < -0.3 is 10.0 Å². The first-order valence-electron chi connectivity index (χ1n) is 4.17. The van der Waals surface area contributed by atoms with Crippen LogP contribution in [0.15, 0.2) is 0 Å². The molecule has 1 aliphatic rings. The van der Waals surface area contributed by atoms with Gasteiger partial charge in [0.25, 0.3) is 0 Å². The van der Waals surface area contributed by atoms with E-state index in [4.69, 9.17) is 6.42 Å². The second-order valence-corrected chi connectivity index (χ2v) is 3.05. The van der Waals surface area contributed by atoms with E-state index in [1.807, 2.05) is 0 Å². The summed E-state index contributed by atoms with van der Waals surface area (Å²) in [7, 11) is 0. The summed E-state index contributed by atoms with van der Waals surface area (Å²) in [6, 6.07) is 0. The van der Waals surface area contributed by atoms with E-state index in [1.54, 1.807) is 0 Å². The molecule has 0 saturated carbocycles. The van der Waals surface area contributed by atoms with Gasteiger partial charge >= 0.3 is 0 Å². The van der Waals surface area contributed by atoms with Crippen molar-refractivity contribution in [2.24, 2.45) is 0 Å². The molecule has 0 aromatic heterocycles. The highest BCUT2D eigenvalue weighted by molar-refractivity contribution is 4.84. The van der Waals surface area contributed by atoms with Crippen molar-refractivity contribution in [1.29, 1.82) is 0 Å². The summed E-state index contributed by atoms with van der Waals surface area (Å²) in [5.74, 6) is 2.61. The van der Waals surface area contributed by atoms with Gasteiger partial charge in [-0.3, -0.25) is 0 Å². The maximum Gasteiger partial charge on any atom is 0.0679 e. The number of hydrogen-bond donors (Lipinski definition) is 1. The van der Waals surface area contributed by atoms with Gasteiger partial charge in [0.2, 0.25) is 0 Å². The zero-order valence-electron chi connectivity index (χ0n) is 6.79. The molecule has 1 rings (SSSR count). The quantitative estimate of drug-likeness (QED) is 0.470. The Morgan fingerprint density at radius 2 is 2.45 bits per heavy atom. The van der Waals surface area contributed by atoms with Crippen molar-refractivity contribution in [2.45, 2.75) is 25.4 Å². The van der Waals surface area contributed by atoms with Gasteiger partial charge in [-0.1, -0.05) is 0 Å². The average Bonchev–Trinajstić information content (AvgIpc) is 2.37. The second kappa shape index (κ2) is 4.38. The molecule has 0 amide bonds. The van der Waals surface area contributed by atoms with Crippen LogP contribution in [-0.2, 0) is 0 Å². The Morgan fingerprint density at radius 3 is 3.00 bits per heavy atom. The fraction of sp³-hybridized carbons (Fsp3) is 0.778. The summed E-state index contributed by atoms with van der Waals surface area (Å²) in [5.41, 5.74) is 0. The first-order chi connectivity index (χ1) is 5.33. The highest BCUT2D eigenvalue weighted by Gasteiger charge is 2.18. The SMILES string of the molecule is C#CCCCN1CCC(O)C1. The van der Waals surface area contributed by atoms with Crippen LogP contribution in [-0.4, -0.2) is 35.7 Å². The van der Waals surface area contributed by atoms with E-state index < -0.39 is 0 Å². The number of hydrogen-bond acceptors (Lipinski definition) is 2. The van der Waals surface area contributed by atoms with E-state index >= 15 is 0 Å². The van der Waals surface area contributed by atoms with Crippen LogP contribution in [0, 0.1) is 12.3 Å². The van der Waals surface area contributed by atoms with Crippen LogP contribution in [0.1, 0.15) is 19.3 Å². The van der Waals surface area contributed by atoms with Gasteiger partial charge in [-0.2, -0.15) is 0 Å². The third-order valence-corrected chi connectivity index (χ3v) is 2.04. The van der Waals surface area contributed by atoms with E-state index in [-0.39, 0.29) is 6.10 Å². The zero-order chi connectivity index (χ0) is 8.10. The van der Waals surface area contributed by atoms with Gasteiger partial charge in [0.05, 0.1) is 6.10 Å². The molecule has 11 heavy (non-hydrogen) atoms. The monoisotopic (exact) mass is 153 g/mol. The van der Waals surface area contributed by atoms with Crippen molar-refractivity contribution >= 4 is 0 Å². The number of rotatable bonds is 3. The van der Waals surface area contributed by atoms with Crippen LogP contribution < -0.4 is 0 Å². The summed E-state index contributed by atoms with van der Waals surface area (Å²) < 4.78 is 0. The molecule has 0 radical (unpaired) electrons. The fourth-order valence-corrected chi connectivity index (χ4v) is 1.42. The zero-order valence-corrected chi connectivity index (χ0v) is 6.79. The molecule has 1 N–H and O–H groups in total. The Morgan fingerprint density at radius 1 is 1.64 bits per heavy atom. The van der Waals surface area contributed by atoms with Crippen molar-refractivity contribution in [3.05, 3.63) is 0 Å². The molecule has 0 bridgehead atoms. The number of β-amino-alcohol motifs (C(OH)–C–C–N with tert-alkyl or cyclic N) is 1. The molecule has 2 nitrogen and oxygen atoms in total. The molecular formula is C9H15NO. The van der Waals surface area contributed by atoms with Crippen molar-refractivity contribution in [1.82, 2.24) is 4.90 Å². The third-order valence-electron chi connectivity index (χ3n) is 2.04. The Kier molecular flexibility index (Phi) is 3.41. The number of unbranched alkanes of at least 4 members (excludes halogenated alkanes) is 1. The van der Waals surface area contributed by atoms with E-state index in [0.29, 0.717) is 0 Å². The number of terminal acetylenes is 1. The standard InChI is InChI=1S/C9H15NO/c1-2-3-4-6-10-7-5-9(11)8-10/h1,9,11H,3-8H2. The Hall–Kier alpha value is -0.520. The largest absolute Gasteiger partial charge is 0.392 e. The highest BCUT2D eigenvalue weighted by atomic mass is 16.3. The number of nitrogens with zero attached hydrogens (tertiary/aromatic N) is 1. The van der Waals surface area contributed by atoms with Crippen LogP contribution >= 0.6 is 0 Å². The lowest BCUT2D eigenvalue weighted by Crippen LogP contribution is -2.22. The predicted molar refractivity (Wildman–Crippen MR) is 45.1 cm³/mol. The lowest BCUT2D eigenvalue weighted by atomic mass is 10.3. The fourth-order valence-electron chi connectivity index (χ4n) is 1.42. The molecule has 0 aliphatic carbocycles. The maximum atomic E-state index is 9.17. The van der Waals surface area contributed by atoms with Crippen molar-refractivity contribution in [2.75, 3.05) is 19.6 Å². The molecule has 0 spiro atoms. The summed E-state index contributed by atoms with van der Waals surface area (Å²) in [4.78, 5) is 2.27. The lowest BCUT2D eigenvalue weighted by Gasteiger charge is -2.12. The summed E-state index contributed by atoms with van der Waals surface area (Å²) in [6.45, 7) is 2.91. The average molecular weight is 153 g/mol. The van der Waals surface area contributed by atoms with Gasteiger partial charge in [-0.05, 0) is 19.4 Å². The van der Waals surface area contributed by atoms with Crippen LogP contribution in [0.3, 0.4) is 0 Å². The smallest absolute Gasteiger partial charge is 0.0679 e. The molecule has 0 aromatic rings. The Bertz CT molecular complexity index is 150. The third kappa shape index (κ3) is 2.92. The molecule has 1 aliphatic heterocycles. The molecular weight excluding hydrogens is 138 g/mol. The van der Waals surface area contributed by atoms with Gasteiger partial charge in [-0.15, -0.1) is 12.3 Å². The van der Waals surface area contributed by atoms with Crippen LogP contribution in [0.5, 0.6) is 0 Å². The maximum absolute atomic E-state index is 9.17. The molecule has 1 saturated heterocycles. The van der Waals surface area contributed by atoms with Crippen LogP contribution in [0.25, 0.3) is 0 Å². The molecule has 62 valence electrons. The van der Waals surface area contributed by atoms with E-state index in [0.717, 1.165) is 38.9 Å². The summed E-state index contributed by atoms with van der Waals surface area (Å²) in [6.07, 6.45) is 7.87. The first-order valence-corrected chi connectivity index (χ1v) is 4.17. The highest BCUT2D eigenvalue weighted by Crippen LogP contribution is 2.08. The number of aliphatic hydroxyl groups excluding tert-OH is 1. The number of likely N-dealkylation sites (tertiary alicyclic amines) is 1. The first kappa shape index (κ1) is 8.58. The van der Waals surface area contributed by atoms with Crippen molar-refractivity contribution in [3.8, 4) is 12.3 Å². The molecule has 1 unspecified atom stereocenters. The molecule has 1 fully saturated rings. The number of aliphatic hydroxyl groups is 1. The van der Waals surface area contributed by atoms with E-state index in [9.17, 15) is 5.11 Å². The van der Waals surface area contributed by atoms with Crippen molar-refractivity contribution < 1.29 is 5.11 Å². The Balaban J connectivity index is 2.05.